The maximum absolute atomic E-state index is 14.6. The molecule has 1 aromatic carbocycles. The number of allylic oxidation sites excluding steroid dienone is 3. The first-order valence-corrected chi connectivity index (χ1v) is 18.0. The summed E-state index contributed by atoms with van der Waals surface area (Å²) in [7, 11) is 1.83. The Bertz CT molecular complexity index is 1430. The van der Waals surface area contributed by atoms with E-state index in [1.165, 1.54) is 5.57 Å². The largest absolute Gasteiger partial charge is 0.501 e. The number of methoxy groups -OCH3 is 1. The molecule has 6 aliphatic rings. The van der Waals surface area contributed by atoms with E-state index in [0.29, 0.717) is 36.7 Å². The second-order valence-electron chi connectivity index (χ2n) is 17.8. The average Bonchev–Trinajstić information content (AvgIpc) is 3.36. The lowest BCUT2D eigenvalue weighted by molar-refractivity contribution is -0.278. The number of hydrogen-bond acceptors (Lipinski definition) is 5. The number of carbonyl (C=O) groups is 1. The molecule has 0 N–H and O–H groups in total. The van der Waals surface area contributed by atoms with Crippen molar-refractivity contribution in [1.82, 2.24) is 0 Å². The molecule has 7 rings (SSSR count). The van der Waals surface area contributed by atoms with Gasteiger partial charge in [0.1, 0.15) is 6.61 Å². The van der Waals surface area contributed by atoms with E-state index >= 15 is 0 Å². The van der Waals surface area contributed by atoms with E-state index in [1.54, 1.807) is 0 Å². The lowest BCUT2D eigenvalue weighted by Gasteiger charge is -2.73. The fourth-order valence-electron chi connectivity index (χ4n) is 13.3. The third kappa shape index (κ3) is 4.15. The molecule has 1 aliphatic heterocycles. The first-order chi connectivity index (χ1) is 21.6. The fourth-order valence-corrected chi connectivity index (χ4v) is 13.3. The molecule has 1 saturated heterocycles. The summed E-state index contributed by atoms with van der Waals surface area (Å²) in [5, 5.41) is 0. The fraction of sp³-hybridized carbons (Fsp3) is 0.732. The van der Waals surface area contributed by atoms with Gasteiger partial charge in [-0.05, 0) is 112 Å². The highest BCUT2D eigenvalue weighted by atomic mass is 16.7. The Kier molecular flexibility index (Phi) is 7.36. The molecular weight excluding hydrogens is 572 g/mol. The van der Waals surface area contributed by atoms with Gasteiger partial charge in [0.15, 0.2) is 5.79 Å². The summed E-state index contributed by atoms with van der Waals surface area (Å²) < 4.78 is 26.8. The number of esters is 1. The highest BCUT2D eigenvalue weighted by Gasteiger charge is 2.78. The number of hydrogen-bond donors (Lipinski definition) is 0. The molecule has 0 radical (unpaired) electrons. The van der Waals surface area contributed by atoms with Crippen molar-refractivity contribution in [3.8, 4) is 0 Å². The van der Waals surface area contributed by atoms with Gasteiger partial charge in [0.2, 0.25) is 0 Å². The molecule has 0 aromatic heterocycles. The Morgan fingerprint density at radius 3 is 2.30 bits per heavy atom. The highest BCUT2D eigenvalue weighted by molar-refractivity contribution is 5.78. The van der Waals surface area contributed by atoms with Crippen LogP contribution in [-0.2, 0) is 30.3 Å². The van der Waals surface area contributed by atoms with Crippen LogP contribution >= 0.6 is 0 Å². The summed E-state index contributed by atoms with van der Waals surface area (Å²) in [6, 6.07) is 10.1. The number of rotatable bonds is 5. The van der Waals surface area contributed by atoms with Crippen LogP contribution in [0.2, 0.25) is 0 Å². The molecule has 252 valence electrons. The lowest BCUT2D eigenvalue weighted by Crippen LogP contribution is -2.73. The molecule has 1 aromatic rings. The standard InChI is InChI=1S/C41H58O5/c1-25(2)27-18-21-41(35(42)44-24-26-14-12-11-13-15-26)23-33-39(8)28(34(27)41)16-17-29-38(7)20-19-31(43-10)36(3,4)30(38)22-32(40(29,39)9)45-37(5,6)46-33/h11-15,19,27-30,32-34H,1,16-18,20-24H2,2-10H3/t27-,28+,29+,30-,32-,33-,34+,38+,39-,40-,41-/m0/s1. The topological polar surface area (TPSA) is 54.0 Å². The van der Waals surface area contributed by atoms with Crippen molar-refractivity contribution >= 4 is 5.97 Å². The zero-order chi connectivity index (χ0) is 33.1. The van der Waals surface area contributed by atoms with Gasteiger partial charge < -0.3 is 18.9 Å². The third-order valence-electron chi connectivity index (χ3n) is 15.3. The molecule has 0 bridgehead atoms. The summed E-state index contributed by atoms with van der Waals surface area (Å²) in [5.74, 6) is 2.00. The van der Waals surface area contributed by atoms with Gasteiger partial charge in [-0.25, -0.2) is 0 Å². The van der Waals surface area contributed by atoms with Gasteiger partial charge in [0.25, 0.3) is 0 Å². The quantitative estimate of drug-likeness (QED) is 0.240. The summed E-state index contributed by atoms with van der Waals surface area (Å²) in [6.07, 6.45) is 9.07. The van der Waals surface area contributed by atoms with Crippen LogP contribution < -0.4 is 0 Å². The van der Waals surface area contributed by atoms with Crippen LogP contribution in [0.4, 0.5) is 0 Å². The predicted molar refractivity (Wildman–Crippen MR) is 180 cm³/mol. The molecule has 0 unspecified atom stereocenters. The molecule has 5 heteroatoms. The van der Waals surface area contributed by atoms with Gasteiger partial charge >= 0.3 is 5.97 Å². The van der Waals surface area contributed by atoms with Crippen molar-refractivity contribution in [1.29, 1.82) is 0 Å². The molecule has 5 aliphatic carbocycles. The Morgan fingerprint density at radius 2 is 1.63 bits per heavy atom. The van der Waals surface area contributed by atoms with Crippen molar-refractivity contribution < 1.29 is 23.7 Å². The van der Waals surface area contributed by atoms with E-state index < -0.39 is 11.2 Å². The Labute approximate surface area is 277 Å². The minimum atomic E-state index is -0.769. The molecular formula is C41H58O5. The summed E-state index contributed by atoms with van der Waals surface area (Å²) in [4.78, 5) is 14.6. The normalized spacial score (nSPS) is 46.5. The Balaban J connectivity index is 1.35. The van der Waals surface area contributed by atoms with Crippen LogP contribution in [0.15, 0.2) is 54.3 Å². The first-order valence-electron chi connectivity index (χ1n) is 18.0. The minimum Gasteiger partial charge on any atom is -0.501 e. The van der Waals surface area contributed by atoms with Crippen molar-refractivity contribution in [3.05, 3.63) is 59.9 Å². The van der Waals surface area contributed by atoms with Crippen LogP contribution in [0.25, 0.3) is 0 Å². The molecule has 11 atom stereocenters. The second-order valence-corrected chi connectivity index (χ2v) is 17.8. The SMILES string of the molecule is C=C(C)[C@@H]1CC[C@]2(C(=O)OCc3ccccc3)C[C@@H]3OC(C)(C)O[C@H]4C[C@H]5C(C)(C)C(OC)=CC[C@]5(C)[C@H]5CC[C@H]([C@@H]12)[C@]3(C)[C@]45C. The molecule has 0 amide bonds. The van der Waals surface area contributed by atoms with Crippen molar-refractivity contribution in [3.63, 3.8) is 0 Å². The molecule has 0 spiro atoms. The zero-order valence-corrected chi connectivity index (χ0v) is 29.9. The monoisotopic (exact) mass is 630 g/mol. The maximum Gasteiger partial charge on any atom is 0.312 e. The predicted octanol–water partition coefficient (Wildman–Crippen LogP) is 9.27. The van der Waals surface area contributed by atoms with Gasteiger partial charge in [-0.3, -0.25) is 4.79 Å². The van der Waals surface area contributed by atoms with Gasteiger partial charge in [0.05, 0.1) is 30.5 Å². The van der Waals surface area contributed by atoms with Gasteiger partial charge in [-0.1, -0.05) is 77.1 Å². The van der Waals surface area contributed by atoms with Gasteiger partial charge in [-0.2, -0.15) is 0 Å². The van der Waals surface area contributed by atoms with Gasteiger partial charge in [0, 0.05) is 16.2 Å². The maximum atomic E-state index is 14.6. The number of ether oxygens (including phenoxy) is 4. The molecule has 5 fully saturated rings. The average molecular weight is 631 g/mol. The van der Waals surface area contributed by atoms with E-state index in [9.17, 15) is 4.79 Å². The number of carbonyl (C=O) groups excluding carboxylic acids is 1. The van der Waals surface area contributed by atoms with E-state index in [2.05, 4.69) is 68.0 Å². The summed E-state index contributed by atoms with van der Waals surface area (Å²) in [5.41, 5.74) is 1.38. The van der Waals surface area contributed by atoms with E-state index in [1.807, 2.05) is 37.4 Å². The van der Waals surface area contributed by atoms with Crippen LogP contribution in [0.5, 0.6) is 0 Å². The number of benzene rings is 1. The number of fused-ring (bicyclic) bond motifs is 4. The third-order valence-corrected chi connectivity index (χ3v) is 15.3. The molecule has 1 heterocycles. The molecule has 5 nitrogen and oxygen atoms in total. The van der Waals surface area contributed by atoms with E-state index in [4.69, 9.17) is 18.9 Å². The van der Waals surface area contributed by atoms with Crippen LogP contribution in [0.1, 0.15) is 106 Å². The first kappa shape index (κ1) is 32.4. The second kappa shape index (κ2) is 10.4. The smallest absolute Gasteiger partial charge is 0.312 e. The molecule has 4 saturated carbocycles. The van der Waals surface area contributed by atoms with Crippen molar-refractivity contribution in [2.45, 2.75) is 125 Å². The lowest BCUT2D eigenvalue weighted by atomic mass is 9.31. The van der Waals surface area contributed by atoms with Crippen LogP contribution in [0.3, 0.4) is 0 Å². The van der Waals surface area contributed by atoms with Crippen molar-refractivity contribution in [2.24, 2.45) is 56.7 Å². The van der Waals surface area contributed by atoms with Crippen LogP contribution in [-0.4, -0.2) is 31.1 Å². The Hall–Kier alpha value is -2.11. The van der Waals surface area contributed by atoms with Crippen molar-refractivity contribution in [2.75, 3.05) is 7.11 Å². The summed E-state index contributed by atoms with van der Waals surface area (Å²) in [6.45, 7) is 23.7. The van der Waals surface area contributed by atoms with Crippen LogP contribution in [0, 0.1) is 56.7 Å². The molecule has 46 heavy (non-hydrogen) atoms. The Morgan fingerprint density at radius 1 is 0.935 bits per heavy atom. The van der Waals surface area contributed by atoms with E-state index in [0.717, 1.165) is 49.8 Å². The summed E-state index contributed by atoms with van der Waals surface area (Å²) >= 11 is 0. The minimum absolute atomic E-state index is 0.0375. The highest BCUT2D eigenvalue weighted by Crippen LogP contribution is 2.79. The zero-order valence-electron chi connectivity index (χ0n) is 29.9. The van der Waals surface area contributed by atoms with Gasteiger partial charge in [-0.15, -0.1) is 0 Å². The van der Waals surface area contributed by atoms with E-state index in [-0.39, 0.29) is 45.8 Å².